The number of hydrogen-bond donors (Lipinski definition) is 0. The van der Waals surface area contributed by atoms with Gasteiger partial charge in [-0.1, -0.05) is 152 Å². The predicted molar refractivity (Wildman–Crippen MR) is 199 cm³/mol. The molecule has 2 heteroatoms. The van der Waals surface area contributed by atoms with Crippen molar-refractivity contribution in [3.63, 3.8) is 0 Å². The van der Waals surface area contributed by atoms with E-state index in [0.717, 1.165) is 19.3 Å². The maximum absolute atomic E-state index is 2.49. The summed E-state index contributed by atoms with van der Waals surface area (Å²) in [6.45, 7) is 0. The molecular weight excluding hydrogens is 607 g/mol. The smallest absolute Gasteiger partial charge is 0.144 e. The second-order valence-corrected chi connectivity index (χ2v) is 15.2. The Morgan fingerprint density at radius 2 is 0.617 bits per heavy atom. The van der Waals surface area contributed by atoms with E-state index in [1.807, 2.05) is 0 Å². The lowest BCUT2D eigenvalue weighted by Crippen LogP contribution is -3.00. The zero-order chi connectivity index (χ0) is 31.0. The summed E-state index contributed by atoms with van der Waals surface area (Å²) in [6, 6.07) is 71.7. The van der Waals surface area contributed by atoms with Gasteiger partial charge in [0.2, 0.25) is 0 Å². The molecule has 0 spiro atoms. The maximum Gasteiger partial charge on any atom is 0.144 e. The largest absolute Gasteiger partial charge is 1.00 e. The van der Waals surface area contributed by atoms with Crippen molar-refractivity contribution < 1.29 is 12.4 Å². The van der Waals surface area contributed by atoms with Gasteiger partial charge in [0.15, 0.2) is 0 Å². The number of benzene rings is 7. The van der Waals surface area contributed by atoms with Crippen LogP contribution in [0.15, 0.2) is 194 Å². The fraction of sp³-hybridized carbons (Fsp3) is 0.0667. The van der Waals surface area contributed by atoms with Gasteiger partial charge >= 0.3 is 0 Å². The second-order valence-electron chi connectivity index (χ2n) is 11.9. The molecule has 47 heavy (non-hydrogen) atoms. The van der Waals surface area contributed by atoms with Gasteiger partial charge in [-0.2, -0.15) is 0 Å². The number of rotatable bonds is 10. The van der Waals surface area contributed by atoms with Crippen molar-refractivity contribution >= 4 is 28.5 Å². The van der Waals surface area contributed by atoms with Crippen molar-refractivity contribution in [3.8, 4) is 0 Å². The molecule has 0 N–H and O–H groups in total. The topological polar surface area (TPSA) is 0 Å². The average Bonchev–Trinajstić information content (AvgIpc) is 3.13. The van der Waals surface area contributed by atoms with Gasteiger partial charge in [-0.3, -0.25) is 0 Å². The van der Waals surface area contributed by atoms with Gasteiger partial charge in [0.25, 0.3) is 0 Å². The summed E-state index contributed by atoms with van der Waals surface area (Å²) >= 11 is 0. The molecule has 0 saturated carbocycles. The molecule has 7 aromatic rings. The van der Waals surface area contributed by atoms with E-state index >= 15 is 0 Å². The third-order valence-corrected chi connectivity index (χ3v) is 13.3. The Labute approximate surface area is 286 Å². The third-order valence-electron chi connectivity index (χ3n) is 8.98. The molecule has 7 rings (SSSR count). The minimum absolute atomic E-state index is 0. The van der Waals surface area contributed by atoms with Crippen LogP contribution >= 0.6 is 7.26 Å². The van der Waals surface area contributed by atoms with Gasteiger partial charge in [0.05, 0.1) is 0 Å². The van der Waals surface area contributed by atoms with E-state index < -0.39 is 7.26 Å². The van der Waals surface area contributed by atoms with Crippen LogP contribution in [0.4, 0.5) is 0 Å². The molecule has 7 aromatic carbocycles. The lowest BCUT2D eigenvalue weighted by atomic mass is 9.88. The van der Waals surface area contributed by atoms with Crippen molar-refractivity contribution in [1.29, 1.82) is 0 Å². The van der Waals surface area contributed by atoms with Crippen LogP contribution in [0.3, 0.4) is 0 Å². The molecule has 0 unspecified atom stereocenters. The predicted octanol–water partition coefficient (Wildman–Crippen LogP) is 6.08. The highest BCUT2D eigenvalue weighted by Crippen LogP contribution is 2.55. The minimum atomic E-state index is -2.31. The first-order valence-electron chi connectivity index (χ1n) is 16.1. The van der Waals surface area contributed by atoms with Crippen LogP contribution in [-0.2, 0) is 19.3 Å². The van der Waals surface area contributed by atoms with Gasteiger partial charge in [-0.15, -0.1) is 0 Å². The molecule has 0 bridgehead atoms. The van der Waals surface area contributed by atoms with Gasteiger partial charge in [-0.25, -0.2) is 0 Å². The fourth-order valence-corrected chi connectivity index (χ4v) is 11.4. The third kappa shape index (κ3) is 6.86. The molecule has 0 heterocycles. The van der Waals surface area contributed by atoms with Gasteiger partial charge in [0.1, 0.15) is 28.5 Å². The van der Waals surface area contributed by atoms with Crippen molar-refractivity contribution in [2.75, 3.05) is 0 Å². The molecule has 0 fully saturated rings. The average molecular weight is 645 g/mol. The van der Waals surface area contributed by atoms with Gasteiger partial charge in [0, 0.05) is 12.0 Å². The Balaban J connectivity index is 0.00000386. The van der Waals surface area contributed by atoms with Crippen LogP contribution < -0.4 is 33.6 Å². The monoisotopic (exact) mass is 644 g/mol. The van der Waals surface area contributed by atoms with Crippen molar-refractivity contribution in [1.82, 2.24) is 0 Å². The van der Waals surface area contributed by atoms with E-state index in [2.05, 4.69) is 194 Å². The molecular formula is C45H38ClP. The molecule has 0 aliphatic heterocycles. The molecule has 0 radical (unpaired) electrons. The lowest BCUT2D eigenvalue weighted by molar-refractivity contribution is -0.00000883. The number of hydrogen-bond acceptors (Lipinski definition) is 0. The summed E-state index contributed by atoms with van der Waals surface area (Å²) in [4.78, 5) is 0. The Bertz CT molecular complexity index is 1880. The van der Waals surface area contributed by atoms with Crippen molar-refractivity contribution in [2.24, 2.45) is 0 Å². The summed E-state index contributed by atoms with van der Waals surface area (Å²) in [5.41, 5.74) is 8.31. The molecule has 230 valence electrons. The van der Waals surface area contributed by atoms with Crippen LogP contribution in [0, 0.1) is 0 Å². The molecule has 0 saturated heterocycles. The first-order valence-corrected chi connectivity index (χ1v) is 17.9. The van der Waals surface area contributed by atoms with Crippen LogP contribution in [0.1, 0.15) is 33.4 Å². The standard InChI is InChI=1S/C45H38P.ClH/c1-7-19-36(20-8-1)33-39-31-32-45(44(35-38-23-11-3-12-24-38)43(39)34-37-21-9-2-10-22-37)46(40-25-13-4-14-26-40,41-27-15-5-16-28-41)42-29-17-6-18-30-42;/h1-32H,33-35H2;1H/q+1;/p-1. The van der Waals surface area contributed by atoms with Crippen LogP contribution in [0.2, 0.25) is 0 Å². The zero-order valence-electron chi connectivity index (χ0n) is 26.4. The molecule has 0 aliphatic carbocycles. The lowest BCUT2D eigenvalue weighted by Gasteiger charge is -2.31. The number of halogens is 1. The van der Waals surface area contributed by atoms with Crippen LogP contribution in [0.25, 0.3) is 0 Å². The van der Waals surface area contributed by atoms with Gasteiger partial charge < -0.3 is 12.4 Å². The van der Waals surface area contributed by atoms with Crippen LogP contribution in [0.5, 0.6) is 0 Å². The molecule has 0 aromatic heterocycles. The highest BCUT2D eigenvalue weighted by atomic mass is 35.5. The van der Waals surface area contributed by atoms with E-state index in [1.54, 1.807) is 0 Å². The molecule has 0 amide bonds. The summed E-state index contributed by atoms with van der Waals surface area (Å²) in [5.74, 6) is 0. The maximum atomic E-state index is 2.49. The van der Waals surface area contributed by atoms with Gasteiger partial charge in [-0.05, 0) is 83.1 Å². The Morgan fingerprint density at radius 3 is 1.00 bits per heavy atom. The van der Waals surface area contributed by atoms with E-state index in [-0.39, 0.29) is 12.4 Å². The molecule has 0 atom stereocenters. The Hall–Kier alpha value is -4.74. The summed E-state index contributed by atoms with van der Waals surface area (Å²) in [5, 5.41) is 5.58. The molecule has 0 nitrogen and oxygen atoms in total. The SMILES string of the molecule is [Cl-].c1ccc(Cc2ccc([P+](c3ccccc3)(c3ccccc3)c3ccccc3)c(Cc3ccccc3)c2Cc2ccccc2)cc1. The summed E-state index contributed by atoms with van der Waals surface area (Å²) < 4.78 is 0. The van der Waals surface area contributed by atoms with Crippen LogP contribution in [-0.4, -0.2) is 0 Å². The quantitative estimate of drug-likeness (QED) is 0.158. The fourth-order valence-electron chi connectivity index (χ4n) is 6.86. The van der Waals surface area contributed by atoms with E-state index in [0.29, 0.717) is 0 Å². The highest BCUT2D eigenvalue weighted by molar-refractivity contribution is 8.01. The van der Waals surface area contributed by atoms with E-state index in [9.17, 15) is 0 Å². The van der Waals surface area contributed by atoms with E-state index in [4.69, 9.17) is 0 Å². The zero-order valence-corrected chi connectivity index (χ0v) is 28.1. The first-order chi connectivity index (χ1) is 22.8. The van der Waals surface area contributed by atoms with Crippen molar-refractivity contribution in [3.05, 3.63) is 228 Å². The highest BCUT2D eigenvalue weighted by Gasteiger charge is 2.49. The summed E-state index contributed by atoms with van der Waals surface area (Å²) in [6.07, 6.45) is 2.66. The molecule has 0 aliphatic rings. The Kier molecular flexibility index (Phi) is 10.4. The Morgan fingerprint density at radius 1 is 0.298 bits per heavy atom. The summed E-state index contributed by atoms with van der Waals surface area (Å²) in [7, 11) is -2.31. The minimum Gasteiger partial charge on any atom is -1.00 e. The second kappa shape index (κ2) is 15.2. The van der Waals surface area contributed by atoms with E-state index in [1.165, 1.54) is 54.6 Å². The first kappa shape index (κ1) is 32.2. The van der Waals surface area contributed by atoms with Crippen molar-refractivity contribution in [2.45, 2.75) is 19.3 Å². The normalized spacial score (nSPS) is 11.1.